The fourth-order valence-electron chi connectivity index (χ4n) is 2.65. The second kappa shape index (κ2) is 9.23. The second-order valence-electron chi connectivity index (χ2n) is 5.93. The highest BCUT2D eigenvalue weighted by molar-refractivity contribution is 7.80. The van der Waals surface area contributed by atoms with Gasteiger partial charge in [0, 0.05) is 22.3 Å². The summed E-state index contributed by atoms with van der Waals surface area (Å²) in [6, 6.07) is 13.6. The summed E-state index contributed by atoms with van der Waals surface area (Å²) in [6.07, 6.45) is 0.841. The molecule has 0 saturated heterocycles. The molecule has 0 aliphatic rings. The van der Waals surface area contributed by atoms with E-state index in [-0.39, 0.29) is 0 Å². The summed E-state index contributed by atoms with van der Waals surface area (Å²) in [5, 5.41) is 8.11. The zero-order valence-corrected chi connectivity index (χ0v) is 17.8. The van der Waals surface area contributed by atoms with Crippen molar-refractivity contribution in [2.24, 2.45) is 0 Å². The van der Waals surface area contributed by atoms with Crippen LogP contribution < -0.4 is 15.4 Å². The van der Waals surface area contributed by atoms with Crippen LogP contribution in [0.1, 0.15) is 15.2 Å². The van der Waals surface area contributed by atoms with Gasteiger partial charge in [-0.1, -0.05) is 23.7 Å². The van der Waals surface area contributed by atoms with E-state index in [0.717, 1.165) is 27.9 Å². The Hall–Kier alpha value is -2.35. The molecule has 0 atom stereocenters. The topological polar surface area (TPSA) is 59.6 Å². The van der Waals surface area contributed by atoms with Gasteiger partial charge in [0.05, 0.1) is 19.2 Å². The van der Waals surface area contributed by atoms with Gasteiger partial charge >= 0.3 is 5.97 Å². The first-order chi connectivity index (χ1) is 13.5. The number of hydrogen-bond acceptors (Lipinski definition) is 5. The Morgan fingerprint density at radius 1 is 1.18 bits per heavy atom. The van der Waals surface area contributed by atoms with Gasteiger partial charge in [0.2, 0.25) is 0 Å². The number of carbonyl (C=O) groups is 1. The van der Waals surface area contributed by atoms with Crippen molar-refractivity contribution in [1.29, 1.82) is 0 Å². The smallest absolute Gasteiger partial charge is 0.349 e. The molecule has 0 aliphatic heterocycles. The average Bonchev–Trinajstić information content (AvgIpc) is 3.04. The molecule has 0 amide bonds. The first-order valence-corrected chi connectivity index (χ1v) is 10.1. The number of fused-ring (bicyclic) bond motifs is 1. The molecular formula is C20H19ClN2O3S2. The predicted octanol–water partition coefficient (Wildman–Crippen LogP) is 4.88. The molecule has 5 nitrogen and oxygen atoms in total. The molecule has 146 valence electrons. The molecule has 0 bridgehead atoms. The molecule has 0 radical (unpaired) electrons. The van der Waals surface area contributed by atoms with Gasteiger partial charge in [0.1, 0.15) is 10.6 Å². The number of benzene rings is 2. The summed E-state index contributed by atoms with van der Waals surface area (Å²) in [5.74, 6) is 0.407. The molecule has 0 saturated carbocycles. The number of thiophene rings is 1. The number of methoxy groups -OCH3 is 2. The van der Waals surface area contributed by atoms with E-state index in [2.05, 4.69) is 10.6 Å². The average molecular weight is 435 g/mol. The van der Waals surface area contributed by atoms with Gasteiger partial charge in [-0.3, -0.25) is 0 Å². The molecule has 0 spiro atoms. The van der Waals surface area contributed by atoms with Crippen molar-refractivity contribution in [2.75, 3.05) is 26.1 Å². The van der Waals surface area contributed by atoms with Crippen LogP contribution in [0.2, 0.25) is 5.02 Å². The summed E-state index contributed by atoms with van der Waals surface area (Å²) in [7, 11) is 2.99. The molecule has 0 fully saturated rings. The summed E-state index contributed by atoms with van der Waals surface area (Å²) in [4.78, 5) is 12.2. The van der Waals surface area contributed by atoms with E-state index >= 15 is 0 Å². The van der Waals surface area contributed by atoms with Crippen molar-refractivity contribution in [3.63, 3.8) is 0 Å². The number of halogens is 1. The molecule has 3 aromatic rings. The maximum Gasteiger partial charge on any atom is 0.349 e. The van der Waals surface area contributed by atoms with Crippen molar-refractivity contribution in [3.8, 4) is 5.75 Å². The molecule has 0 aliphatic carbocycles. The zero-order valence-electron chi connectivity index (χ0n) is 15.4. The van der Waals surface area contributed by atoms with Crippen molar-refractivity contribution in [2.45, 2.75) is 6.42 Å². The lowest BCUT2D eigenvalue weighted by Crippen LogP contribution is -2.30. The molecule has 1 aromatic heterocycles. The van der Waals surface area contributed by atoms with Gasteiger partial charge in [0.25, 0.3) is 0 Å². The van der Waals surface area contributed by atoms with Crippen molar-refractivity contribution in [3.05, 3.63) is 57.9 Å². The van der Waals surface area contributed by atoms with Crippen LogP contribution in [-0.2, 0) is 11.2 Å². The summed E-state index contributed by atoms with van der Waals surface area (Å²) < 4.78 is 10.8. The third kappa shape index (κ3) is 4.73. The largest absolute Gasteiger partial charge is 0.497 e. The minimum atomic E-state index is -0.434. The van der Waals surface area contributed by atoms with Crippen LogP contribution in [0, 0.1) is 0 Å². The van der Waals surface area contributed by atoms with Gasteiger partial charge in [0.15, 0.2) is 5.11 Å². The van der Waals surface area contributed by atoms with E-state index in [9.17, 15) is 4.79 Å². The van der Waals surface area contributed by atoms with Crippen LogP contribution in [0.4, 0.5) is 5.69 Å². The van der Waals surface area contributed by atoms with Gasteiger partial charge in [-0.05, 0) is 54.5 Å². The molecule has 0 unspecified atom stereocenters. The number of anilines is 1. The number of hydrogen-bond donors (Lipinski definition) is 2. The summed E-state index contributed by atoms with van der Waals surface area (Å²) in [6.45, 7) is 0.706. The van der Waals surface area contributed by atoms with Gasteiger partial charge in [-0.25, -0.2) is 4.79 Å². The monoisotopic (exact) mass is 434 g/mol. The number of rotatable bonds is 6. The van der Waals surface area contributed by atoms with E-state index in [4.69, 9.17) is 33.3 Å². The van der Waals surface area contributed by atoms with Crippen LogP contribution >= 0.6 is 35.2 Å². The zero-order chi connectivity index (χ0) is 20.1. The highest BCUT2D eigenvalue weighted by atomic mass is 35.5. The maximum atomic E-state index is 11.8. The Labute approximate surface area is 177 Å². The first kappa shape index (κ1) is 20.4. The van der Waals surface area contributed by atoms with Crippen LogP contribution in [0.5, 0.6) is 5.75 Å². The molecule has 1 heterocycles. The summed E-state index contributed by atoms with van der Waals surface area (Å²) in [5.41, 5.74) is 2.02. The van der Waals surface area contributed by atoms with E-state index in [1.807, 2.05) is 42.5 Å². The number of thiocarbonyl (C=S) groups is 1. The van der Waals surface area contributed by atoms with Crippen molar-refractivity contribution in [1.82, 2.24) is 5.32 Å². The minimum Gasteiger partial charge on any atom is -0.497 e. The fourth-order valence-corrected chi connectivity index (χ4v) is 4.34. The SMILES string of the molecule is COC(=O)c1sc2cc(NC(=S)NCCc3ccc(OC)cc3)ccc2c1Cl. The van der Waals surface area contributed by atoms with Gasteiger partial charge in [-0.2, -0.15) is 0 Å². The van der Waals surface area contributed by atoms with Crippen molar-refractivity contribution < 1.29 is 14.3 Å². The van der Waals surface area contributed by atoms with Crippen LogP contribution in [0.15, 0.2) is 42.5 Å². The molecule has 2 N–H and O–H groups in total. The number of ether oxygens (including phenoxy) is 2. The molecule has 3 rings (SSSR count). The number of nitrogens with one attached hydrogen (secondary N) is 2. The van der Waals surface area contributed by atoms with Crippen LogP contribution in [-0.4, -0.2) is 31.8 Å². The normalized spacial score (nSPS) is 10.5. The van der Waals surface area contributed by atoms with Crippen LogP contribution in [0.25, 0.3) is 10.1 Å². The highest BCUT2D eigenvalue weighted by Crippen LogP contribution is 2.37. The Morgan fingerprint density at radius 3 is 2.61 bits per heavy atom. The molecule has 28 heavy (non-hydrogen) atoms. The highest BCUT2D eigenvalue weighted by Gasteiger charge is 2.17. The number of esters is 1. The lowest BCUT2D eigenvalue weighted by molar-refractivity contribution is 0.0606. The lowest BCUT2D eigenvalue weighted by Gasteiger charge is -2.11. The maximum absolute atomic E-state index is 11.8. The van der Waals surface area contributed by atoms with Gasteiger partial charge < -0.3 is 20.1 Å². The second-order valence-corrected chi connectivity index (χ2v) is 7.77. The van der Waals surface area contributed by atoms with E-state index in [1.54, 1.807) is 7.11 Å². The lowest BCUT2D eigenvalue weighted by atomic mass is 10.1. The fraction of sp³-hybridized carbons (Fsp3) is 0.200. The number of carbonyl (C=O) groups excluding carboxylic acids is 1. The Balaban J connectivity index is 1.58. The summed E-state index contributed by atoms with van der Waals surface area (Å²) >= 11 is 12.9. The van der Waals surface area contributed by atoms with Crippen molar-refractivity contribution >= 4 is 62.0 Å². The Bertz CT molecular complexity index is 1000. The molecule has 8 heteroatoms. The first-order valence-electron chi connectivity index (χ1n) is 8.50. The third-order valence-corrected chi connectivity index (χ3v) is 6.00. The van der Waals surface area contributed by atoms with E-state index in [1.165, 1.54) is 24.0 Å². The van der Waals surface area contributed by atoms with E-state index in [0.29, 0.717) is 21.6 Å². The van der Waals surface area contributed by atoms with E-state index < -0.39 is 5.97 Å². The van der Waals surface area contributed by atoms with Gasteiger partial charge in [-0.15, -0.1) is 11.3 Å². The van der Waals surface area contributed by atoms with Crippen LogP contribution in [0.3, 0.4) is 0 Å². The Morgan fingerprint density at radius 2 is 1.93 bits per heavy atom. The molecule has 2 aromatic carbocycles. The standard InChI is InChI=1S/C20H19ClN2O3S2/c1-25-14-6-3-12(4-7-14)9-10-22-20(27)23-13-5-8-15-16(11-13)28-18(17(15)21)19(24)26-2/h3-8,11H,9-10H2,1-2H3,(H2,22,23,27). The minimum absolute atomic E-state index is 0.400. The Kier molecular flexibility index (Phi) is 6.72. The third-order valence-electron chi connectivity index (χ3n) is 4.12. The quantitative estimate of drug-likeness (QED) is 0.426. The predicted molar refractivity (Wildman–Crippen MR) is 119 cm³/mol. The molecular weight excluding hydrogens is 416 g/mol.